The van der Waals surface area contributed by atoms with Crippen LogP contribution in [0.3, 0.4) is 0 Å². The zero-order valence-corrected chi connectivity index (χ0v) is 16.1. The third kappa shape index (κ3) is 4.92. The number of nitrogens with zero attached hydrogens (tertiary/aromatic N) is 3. The molecule has 1 aliphatic heterocycles. The highest BCUT2D eigenvalue weighted by molar-refractivity contribution is 5.77. The monoisotopic (exact) mass is 351 g/mol. The van der Waals surface area contributed by atoms with Gasteiger partial charge in [0.15, 0.2) is 0 Å². The molecule has 26 heavy (non-hydrogen) atoms. The summed E-state index contributed by atoms with van der Waals surface area (Å²) >= 11 is 0. The Bertz CT molecular complexity index is 742. The van der Waals surface area contributed by atoms with Gasteiger partial charge in [-0.1, -0.05) is 30.3 Å². The summed E-state index contributed by atoms with van der Waals surface area (Å²) < 4.78 is 0. The average Bonchev–Trinajstić information content (AvgIpc) is 2.62. The molecule has 1 aromatic heterocycles. The van der Waals surface area contributed by atoms with E-state index >= 15 is 0 Å². The normalized spacial score (nSPS) is 17.9. The van der Waals surface area contributed by atoms with E-state index in [9.17, 15) is 4.79 Å². The zero-order chi connectivity index (χ0) is 18.5. The van der Waals surface area contributed by atoms with Crippen molar-refractivity contribution in [3.05, 3.63) is 65.0 Å². The number of benzene rings is 1. The molecule has 2 heterocycles. The van der Waals surface area contributed by atoms with Crippen molar-refractivity contribution in [1.82, 2.24) is 14.8 Å². The van der Waals surface area contributed by atoms with Crippen LogP contribution in [0.25, 0.3) is 0 Å². The molecule has 1 saturated heterocycles. The van der Waals surface area contributed by atoms with E-state index < -0.39 is 0 Å². The number of rotatable bonds is 5. The second-order valence-electron chi connectivity index (χ2n) is 7.57. The number of pyridine rings is 1. The first-order valence-corrected chi connectivity index (χ1v) is 9.45. The van der Waals surface area contributed by atoms with E-state index in [2.05, 4.69) is 54.3 Å². The molecule has 0 saturated carbocycles. The van der Waals surface area contributed by atoms with Crippen LogP contribution in [-0.2, 0) is 11.2 Å². The topological polar surface area (TPSA) is 36.4 Å². The molecule has 1 unspecified atom stereocenters. The molecular weight excluding hydrogens is 322 g/mol. The van der Waals surface area contributed by atoms with Crippen molar-refractivity contribution in [2.45, 2.75) is 32.1 Å². The van der Waals surface area contributed by atoms with E-state index in [4.69, 9.17) is 4.98 Å². The number of hydrogen-bond acceptors (Lipinski definition) is 3. The maximum atomic E-state index is 12.0. The van der Waals surface area contributed by atoms with Gasteiger partial charge >= 0.3 is 0 Å². The molecule has 0 bridgehead atoms. The van der Waals surface area contributed by atoms with Crippen LogP contribution in [0.2, 0.25) is 0 Å². The highest BCUT2D eigenvalue weighted by Gasteiger charge is 2.24. The first-order chi connectivity index (χ1) is 12.5. The van der Waals surface area contributed by atoms with E-state index in [0.717, 1.165) is 38.0 Å². The Labute approximate surface area is 156 Å². The molecule has 4 nitrogen and oxygen atoms in total. The summed E-state index contributed by atoms with van der Waals surface area (Å²) in [5.41, 5.74) is 4.90. The summed E-state index contributed by atoms with van der Waals surface area (Å²) in [5, 5.41) is 0. The lowest BCUT2D eigenvalue weighted by Crippen LogP contribution is -2.41. The number of carbonyl (C=O) groups is 1. The predicted octanol–water partition coefficient (Wildman–Crippen LogP) is 3.25. The molecule has 1 aromatic carbocycles. The number of amides is 1. The van der Waals surface area contributed by atoms with Gasteiger partial charge in [-0.05, 0) is 56.0 Å². The van der Waals surface area contributed by atoms with Gasteiger partial charge in [0.05, 0.1) is 6.54 Å². The summed E-state index contributed by atoms with van der Waals surface area (Å²) in [6.07, 6.45) is 3.20. The van der Waals surface area contributed by atoms with Gasteiger partial charge in [0.25, 0.3) is 0 Å². The molecule has 4 heteroatoms. The van der Waals surface area contributed by atoms with Crippen LogP contribution in [0.4, 0.5) is 0 Å². The lowest BCUT2D eigenvalue weighted by molar-refractivity contribution is -0.130. The largest absolute Gasteiger partial charge is 0.348 e. The van der Waals surface area contributed by atoms with Crippen molar-refractivity contribution in [2.24, 2.45) is 0 Å². The Morgan fingerprint density at radius 2 is 1.96 bits per heavy atom. The van der Waals surface area contributed by atoms with Crippen LogP contribution in [0.1, 0.15) is 41.3 Å². The zero-order valence-electron chi connectivity index (χ0n) is 16.1. The standard InChI is InChI=1S/C22H29N3O/c1-17-12-19(13-18-8-5-4-6-9-18)14-21(23-17)20-10-7-11-25(15-20)16-22(26)24(2)3/h4-6,8-9,12,14,20H,7,10-11,13,15-16H2,1-3H3. The van der Waals surface area contributed by atoms with Crippen LogP contribution in [0.15, 0.2) is 42.5 Å². The molecule has 1 amide bonds. The summed E-state index contributed by atoms with van der Waals surface area (Å²) in [5.74, 6) is 0.584. The minimum atomic E-state index is 0.174. The number of likely N-dealkylation sites (N-methyl/N-ethyl adjacent to an activating group) is 1. The maximum absolute atomic E-state index is 12.0. The highest BCUT2D eigenvalue weighted by Crippen LogP contribution is 2.27. The molecule has 0 N–H and O–H groups in total. The van der Waals surface area contributed by atoms with Gasteiger partial charge in [0.2, 0.25) is 5.91 Å². The molecule has 0 spiro atoms. The first-order valence-electron chi connectivity index (χ1n) is 9.45. The Morgan fingerprint density at radius 3 is 2.69 bits per heavy atom. The lowest BCUT2D eigenvalue weighted by Gasteiger charge is -2.32. The van der Waals surface area contributed by atoms with E-state index in [-0.39, 0.29) is 5.91 Å². The Hall–Kier alpha value is -2.20. The smallest absolute Gasteiger partial charge is 0.236 e. The third-order valence-electron chi connectivity index (χ3n) is 5.07. The quantitative estimate of drug-likeness (QED) is 0.830. The Morgan fingerprint density at radius 1 is 1.19 bits per heavy atom. The van der Waals surface area contributed by atoms with Gasteiger partial charge in [0.1, 0.15) is 0 Å². The van der Waals surface area contributed by atoms with Crippen molar-refractivity contribution in [3.8, 4) is 0 Å². The molecular formula is C22H29N3O. The highest BCUT2D eigenvalue weighted by atomic mass is 16.2. The number of aryl methyl sites for hydroxylation is 1. The summed E-state index contributed by atoms with van der Waals surface area (Å²) in [4.78, 5) is 20.8. The predicted molar refractivity (Wildman–Crippen MR) is 105 cm³/mol. The minimum Gasteiger partial charge on any atom is -0.348 e. The average molecular weight is 351 g/mol. The first kappa shape index (κ1) is 18.6. The van der Waals surface area contributed by atoms with Crippen molar-refractivity contribution in [1.29, 1.82) is 0 Å². The van der Waals surface area contributed by atoms with Gasteiger partial charge in [-0.15, -0.1) is 0 Å². The minimum absolute atomic E-state index is 0.174. The molecule has 1 aliphatic rings. The molecule has 1 fully saturated rings. The molecule has 0 aliphatic carbocycles. The van der Waals surface area contributed by atoms with Gasteiger partial charge in [-0.25, -0.2) is 0 Å². The van der Waals surface area contributed by atoms with Crippen LogP contribution >= 0.6 is 0 Å². The summed E-state index contributed by atoms with van der Waals surface area (Å²) in [6, 6.07) is 15.0. The number of hydrogen-bond donors (Lipinski definition) is 0. The number of carbonyl (C=O) groups excluding carboxylic acids is 1. The molecule has 2 aromatic rings. The fraction of sp³-hybridized carbons (Fsp3) is 0.455. The van der Waals surface area contributed by atoms with Crippen LogP contribution in [0.5, 0.6) is 0 Å². The number of piperidine rings is 1. The Balaban J connectivity index is 1.72. The van der Waals surface area contributed by atoms with Gasteiger partial charge in [-0.3, -0.25) is 14.7 Å². The van der Waals surface area contributed by atoms with E-state index in [1.807, 2.05) is 14.1 Å². The fourth-order valence-electron chi connectivity index (χ4n) is 3.68. The van der Waals surface area contributed by atoms with Gasteiger partial charge in [-0.2, -0.15) is 0 Å². The molecule has 1 atom stereocenters. The van der Waals surface area contributed by atoms with Crippen molar-refractivity contribution in [3.63, 3.8) is 0 Å². The van der Waals surface area contributed by atoms with E-state index in [1.165, 1.54) is 16.8 Å². The molecule has 3 rings (SSSR count). The summed E-state index contributed by atoms with van der Waals surface area (Å²) in [7, 11) is 3.64. The lowest BCUT2D eigenvalue weighted by atomic mass is 9.92. The van der Waals surface area contributed by atoms with Crippen LogP contribution < -0.4 is 0 Å². The molecule has 138 valence electrons. The third-order valence-corrected chi connectivity index (χ3v) is 5.07. The van der Waals surface area contributed by atoms with Gasteiger partial charge < -0.3 is 4.90 Å². The second kappa shape index (κ2) is 8.45. The Kier molecular flexibility index (Phi) is 6.04. The van der Waals surface area contributed by atoms with Crippen molar-refractivity contribution < 1.29 is 4.79 Å². The van der Waals surface area contributed by atoms with Crippen LogP contribution in [0, 0.1) is 6.92 Å². The van der Waals surface area contributed by atoms with Crippen molar-refractivity contribution in [2.75, 3.05) is 33.7 Å². The van der Waals surface area contributed by atoms with Crippen molar-refractivity contribution >= 4 is 5.91 Å². The number of likely N-dealkylation sites (tertiary alicyclic amines) is 1. The van der Waals surface area contributed by atoms with E-state index in [0.29, 0.717) is 12.5 Å². The fourth-order valence-corrected chi connectivity index (χ4v) is 3.68. The van der Waals surface area contributed by atoms with E-state index in [1.54, 1.807) is 4.90 Å². The number of aromatic nitrogens is 1. The van der Waals surface area contributed by atoms with Gasteiger partial charge in [0, 0.05) is 37.9 Å². The summed E-state index contributed by atoms with van der Waals surface area (Å²) in [6.45, 7) is 4.50. The second-order valence-corrected chi connectivity index (χ2v) is 7.57. The SMILES string of the molecule is Cc1cc(Cc2ccccc2)cc(C2CCCN(CC(=O)N(C)C)C2)n1. The maximum Gasteiger partial charge on any atom is 0.236 e. The molecule has 0 radical (unpaired) electrons. The van der Waals surface area contributed by atoms with Crippen LogP contribution in [-0.4, -0.2) is 54.4 Å².